The van der Waals surface area contributed by atoms with Crippen molar-refractivity contribution in [2.75, 3.05) is 12.8 Å². The number of hydrogen-bond donors (Lipinski definition) is 3. The predicted octanol–water partition coefficient (Wildman–Crippen LogP) is 0.362. The van der Waals surface area contributed by atoms with Gasteiger partial charge in [0.15, 0.2) is 9.84 Å². The molecule has 3 N–H and O–H groups in total. The maximum atomic E-state index is 11.7. The number of amides is 2. The van der Waals surface area contributed by atoms with Crippen LogP contribution >= 0.6 is 0 Å². The molecule has 1 aliphatic carbocycles. The topological polar surface area (TPSA) is 113 Å². The molecule has 1 aliphatic rings. The lowest BCUT2D eigenvalue weighted by Gasteiger charge is -2.23. The highest BCUT2D eigenvalue weighted by Crippen LogP contribution is 2.25. The number of aliphatic carboxylic acids is 1. The van der Waals surface area contributed by atoms with Crippen LogP contribution in [0.25, 0.3) is 0 Å². The van der Waals surface area contributed by atoms with E-state index < -0.39 is 32.5 Å². The van der Waals surface area contributed by atoms with E-state index in [1.54, 1.807) is 13.8 Å². The summed E-state index contributed by atoms with van der Waals surface area (Å²) in [4.78, 5) is 22.5. The van der Waals surface area contributed by atoms with E-state index in [1.807, 2.05) is 0 Å². The number of sulfone groups is 1. The molecule has 1 saturated carbocycles. The lowest BCUT2D eigenvalue weighted by molar-refractivity contribution is -0.141. The van der Waals surface area contributed by atoms with Crippen LogP contribution in [-0.2, 0) is 14.6 Å². The molecule has 0 radical (unpaired) electrons. The third-order valence-corrected chi connectivity index (χ3v) is 5.95. The molecular formula is C12H22N2O5S. The second kappa shape index (κ2) is 5.99. The molecule has 20 heavy (non-hydrogen) atoms. The summed E-state index contributed by atoms with van der Waals surface area (Å²) in [7, 11) is -3.27. The Morgan fingerprint density at radius 3 is 2.35 bits per heavy atom. The van der Waals surface area contributed by atoms with Crippen LogP contribution in [0.4, 0.5) is 4.79 Å². The van der Waals surface area contributed by atoms with Gasteiger partial charge in [0.1, 0.15) is 0 Å². The molecule has 116 valence electrons. The van der Waals surface area contributed by atoms with Crippen molar-refractivity contribution < 1.29 is 23.1 Å². The molecule has 1 rings (SSSR count). The van der Waals surface area contributed by atoms with E-state index in [4.69, 9.17) is 5.11 Å². The smallest absolute Gasteiger partial charge is 0.315 e. The summed E-state index contributed by atoms with van der Waals surface area (Å²) < 4.78 is 21.9. The van der Waals surface area contributed by atoms with E-state index in [9.17, 15) is 18.0 Å². The van der Waals surface area contributed by atoms with Crippen molar-refractivity contribution in [1.29, 1.82) is 0 Å². The lowest BCUT2D eigenvalue weighted by Crippen LogP contribution is -2.48. The van der Waals surface area contributed by atoms with Crippen LogP contribution in [0.3, 0.4) is 0 Å². The molecule has 0 saturated heterocycles. The van der Waals surface area contributed by atoms with Crippen molar-refractivity contribution in [3.8, 4) is 0 Å². The van der Waals surface area contributed by atoms with Crippen molar-refractivity contribution in [2.45, 2.75) is 43.9 Å². The van der Waals surface area contributed by atoms with Crippen molar-refractivity contribution >= 4 is 21.8 Å². The monoisotopic (exact) mass is 306 g/mol. The van der Waals surface area contributed by atoms with Gasteiger partial charge in [0.25, 0.3) is 0 Å². The van der Waals surface area contributed by atoms with Crippen molar-refractivity contribution in [2.24, 2.45) is 5.92 Å². The zero-order chi connectivity index (χ0) is 15.6. The van der Waals surface area contributed by atoms with Crippen LogP contribution in [0.5, 0.6) is 0 Å². The SMILES string of the molecule is CC(C)(CNC(=O)NC1CCC(C(=O)O)C1)S(C)(=O)=O. The summed E-state index contributed by atoms with van der Waals surface area (Å²) in [6, 6.07) is -0.629. The minimum atomic E-state index is -3.27. The van der Waals surface area contributed by atoms with Gasteiger partial charge in [-0.2, -0.15) is 0 Å². The first-order chi connectivity index (χ1) is 9.03. The number of carboxylic acids is 1. The van der Waals surface area contributed by atoms with Gasteiger partial charge in [-0.25, -0.2) is 13.2 Å². The number of carboxylic acid groups (broad SMARTS) is 1. The number of hydrogen-bond acceptors (Lipinski definition) is 4. The summed E-state index contributed by atoms with van der Waals surface area (Å²) >= 11 is 0. The third-order valence-electron chi connectivity index (χ3n) is 3.80. The fourth-order valence-electron chi connectivity index (χ4n) is 2.00. The molecule has 2 atom stereocenters. The van der Waals surface area contributed by atoms with E-state index in [0.717, 1.165) is 6.26 Å². The van der Waals surface area contributed by atoms with E-state index in [2.05, 4.69) is 10.6 Å². The van der Waals surface area contributed by atoms with E-state index in [-0.39, 0.29) is 12.6 Å². The molecule has 0 aromatic carbocycles. The van der Waals surface area contributed by atoms with Crippen LogP contribution in [0, 0.1) is 5.92 Å². The lowest BCUT2D eigenvalue weighted by atomic mass is 10.1. The first-order valence-corrected chi connectivity index (χ1v) is 8.39. The Kier molecular flexibility index (Phi) is 5.01. The van der Waals surface area contributed by atoms with Gasteiger partial charge in [-0.1, -0.05) is 0 Å². The van der Waals surface area contributed by atoms with Gasteiger partial charge in [0, 0.05) is 18.8 Å². The van der Waals surface area contributed by atoms with Gasteiger partial charge in [0.05, 0.1) is 10.7 Å². The summed E-state index contributed by atoms with van der Waals surface area (Å²) in [6.07, 6.45) is 2.72. The highest BCUT2D eigenvalue weighted by Gasteiger charge is 2.32. The van der Waals surface area contributed by atoms with E-state index in [1.165, 1.54) is 0 Å². The largest absolute Gasteiger partial charge is 0.481 e. The fourth-order valence-corrected chi connectivity index (χ4v) is 2.33. The highest BCUT2D eigenvalue weighted by atomic mass is 32.2. The maximum absolute atomic E-state index is 11.7. The average Bonchev–Trinajstić information content (AvgIpc) is 2.73. The Labute approximate surface area is 119 Å². The minimum Gasteiger partial charge on any atom is -0.481 e. The molecule has 8 heteroatoms. The fraction of sp³-hybridized carbons (Fsp3) is 0.833. The number of carbonyl (C=O) groups excluding carboxylic acids is 1. The number of nitrogens with one attached hydrogen (secondary N) is 2. The summed E-state index contributed by atoms with van der Waals surface area (Å²) in [5.41, 5.74) is 0. The molecule has 0 bridgehead atoms. The normalized spacial score (nSPS) is 23.4. The van der Waals surface area contributed by atoms with Gasteiger partial charge in [0.2, 0.25) is 0 Å². The number of urea groups is 1. The molecule has 1 fully saturated rings. The van der Waals surface area contributed by atoms with Gasteiger partial charge >= 0.3 is 12.0 Å². The van der Waals surface area contributed by atoms with Crippen LogP contribution in [0.1, 0.15) is 33.1 Å². The Balaban J connectivity index is 2.41. The molecule has 0 spiro atoms. The van der Waals surface area contributed by atoms with Gasteiger partial charge in [-0.15, -0.1) is 0 Å². The standard InChI is InChI=1S/C12H22N2O5S/c1-12(2,20(3,18)19)7-13-11(17)14-9-5-4-8(6-9)10(15)16/h8-9H,4-7H2,1-3H3,(H,15,16)(H2,13,14,17). The predicted molar refractivity (Wildman–Crippen MR) is 74.2 cm³/mol. The minimum absolute atomic E-state index is 0.00669. The Morgan fingerprint density at radius 1 is 1.30 bits per heavy atom. The zero-order valence-corrected chi connectivity index (χ0v) is 12.8. The molecule has 0 aromatic rings. The Morgan fingerprint density at radius 2 is 1.90 bits per heavy atom. The summed E-state index contributed by atoms with van der Waals surface area (Å²) in [5.74, 6) is -1.25. The number of carbonyl (C=O) groups is 2. The first-order valence-electron chi connectivity index (χ1n) is 6.50. The third kappa shape index (κ3) is 4.36. The van der Waals surface area contributed by atoms with Gasteiger partial charge in [-0.05, 0) is 33.1 Å². The quantitative estimate of drug-likeness (QED) is 0.679. The average molecular weight is 306 g/mol. The molecule has 2 unspecified atom stereocenters. The van der Waals surface area contributed by atoms with Crippen molar-refractivity contribution in [3.63, 3.8) is 0 Å². The van der Waals surface area contributed by atoms with Gasteiger partial charge in [-0.3, -0.25) is 4.79 Å². The van der Waals surface area contributed by atoms with Crippen LogP contribution in [0.15, 0.2) is 0 Å². The molecule has 2 amide bonds. The number of rotatable bonds is 5. The summed E-state index contributed by atoms with van der Waals surface area (Å²) in [6.45, 7) is 3.09. The second-order valence-corrected chi connectivity index (χ2v) is 8.55. The molecular weight excluding hydrogens is 284 g/mol. The van der Waals surface area contributed by atoms with Crippen LogP contribution in [-0.4, -0.2) is 49.1 Å². The van der Waals surface area contributed by atoms with Crippen molar-refractivity contribution in [1.82, 2.24) is 10.6 Å². The Bertz CT molecular complexity index is 486. The maximum Gasteiger partial charge on any atom is 0.315 e. The molecule has 0 heterocycles. The molecule has 7 nitrogen and oxygen atoms in total. The van der Waals surface area contributed by atoms with E-state index in [0.29, 0.717) is 19.3 Å². The van der Waals surface area contributed by atoms with Crippen LogP contribution < -0.4 is 10.6 Å². The zero-order valence-electron chi connectivity index (χ0n) is 12.0. The highest BCUT2D eigenvalue weighted by molar-refractivity contribution is 7.92. The molecule has 0 aromatic heterocycles. The van der Waals surface area contributed by atoms with Crippen LogP contribution in [0.2, 0.25) is 0 Å². The van der Waals surface area contributed by atoms with E-state index >= 15 is 0 Å². The first kappa shape index (κ1) is 16.7. The second-order valence-electron chi connectivity index (χ2n) is 5.90. The molecule has 0 aliphatic heterocycles. The van der Waals surface area contributed by atoms with Gasteiger partial charge < -0.3 is 15.7 Å². The summed E-state index contributed by atoms with van der Waals surface area (Å²) in [5, 5.41) is 14.1. The van der Waals surface area contributed by atoms with Crippen molar-refractivity contribution in [3.05, 3.63) is 0 Å². The Hall–Kier alpha value is -1.31.